The number of urea groups is 1. The molecule has 0 rings (SSSR count). The second kappa shape index (κ2) is 6.72. The maximum atomic E-state index is 11.6. The van der Waals surface area contributed by atoms with E-state index in [2.05, 4.69) is 11.2 Å². The first-order valence-electron chi connectivity index (χ1n) is 5.15. The Kier molecular flexibility index (Phi) is 6.01. The smallest absolute Gasteiger partial charge is 0.326 e. The van der Waals surface area contributed by atoms with E-state index in [4.69, 9.17) is 11.5 Å². The van der Waals surface area contributed by atoms with E-state index in [1.165, 1.54) is 4.90 Å². The van der Waals surface area contributed by atoms with Crippen molar-refractivity contribution in [3.63, 3.8) is 0 Å². The summed E-state index contributed by atoms with van der Waals surface area (Å²) in [5.41, 5.74) is 0. The van der Waals surface area contributed by atoms with Gasteiger partial charge in [-0.1, -0.05) is 19.8 Å². The molecule has 5 nitrogen and oxygen atoms in total. The first-order chi connectivity index (χ1) is 7.43. The molecule has 5 heteroatoms. The third-order valence-electron chi connectivity index (χ3n) is 2.16. The van der Waals surface area contributed by atoms with Crippen LogP contribution in [0.3, 0.4) is 0 Å². The molecular weight excluding hydrogens is 208 g/mol. The number of hydrogen-bond donors (Lipinski definition) is 2. The lowest BCUT2D eigenvalue weighted by atomic mass is 10.1. The van der Waals surface area contributed by atoms with Crippen molar-refractivity contribution in [2.24, 2.45) is 5.92 Å². The van der Waals surface area contributed by atoms with Gasteiger partial charge in [-0.25, -0.2) is 9.59 Å². The Bertz CT molecular complexity index is 294. The molecule has 1 atom stereocenters. The molecule has 0 saturated carbocycles. The zero-order valence-electron chi connectivity index (χ0n) is 9.86. The number of amides is 2. The zero-order chi connectivity index (χ0) is 12.7. The van der Waals surface area contributed by atoms with Crippen LogP contribution in [0, 0.1) is 18.3 Å². The Hall–Kier alpha value is -1.70. The van der Waals surface area contributed by atoms with Gasteiger partial charge >= 0.3 is 12.0 Å². The summed E-state index contributed by atoms with van der Waals surface area (Å²) in [6.07, 6.45) is 5.11. The fourth-order valence-corrected chi connectivity index (χ4v) is 1.18. The van der Waals surface area contributed by atoms with E-state index in [-0.39, 0.29) is 12.5 Å². The van der Waals surface area contributed by atoms with Crippen molar-refractivity contribution in [1.29, 1.82) is 0 Å². The number of nitrogens with one attached hydrogen (secondary N) is 1. The van der Waals surface area contributed by atoms with Gasteiger partial charge in [-0.3, -0.25) is 0 Å². The number of hydrogen-bond acceptors (Lipinski definition) is 2. The van der Waals surface area contributed by atoms with Crippen molar-refractivity contribution in [2.45, 2.75) is 26.8 Å². The summed E-state index contributed by atoms with van der Waals surface area (Å²) < 4.78 is 0. The first kappa shape index (κ1) is 14.3. The summed E-state index contributed by atoms with van der Waals surface area (Å²) >= 11 is 0. The van der Waals surface area contributed by atoms with Gasteiger partial charge in [0.05, 0.1) is 6.54 Å². The Balaban J connectivity index is 4.51. The van der Waals surface area contributed by atoms with Crippen LogP contribution < -0.4 is 5.32 Å². The third kappa shape index (κ3) is 4.22. The maximum Gasteiger partial charge on any atom is 0.326 e. The van der Waals surface area contributed by atoms with Gasteiger partial charge in [0.25, 0.3) is 0 Å². The maximum absolute atomic E-state index is 11.6. The lowest BCUT2D eigenvalue weighted by Gasteiger charge is -2.23. The molecule has 0 bridgehead atoms. The summed E-state index contributed by atoms with van der Waals surface area (Å²) in [6.45, 7) is 5.86. The molecule has 0 aliphatic rings. The van der Waals surface area contributed by atoms with Crippen molar-refractivity contribution < 1.29 is 14.7 Å². The molecular formula is C11H18N2O3. The molecule has 0 heterocycles. The third-order valence-corrected chi connectivity index (χ3v) is 2.16. The molecule has 2 amide bonds. The van der Waals surface area contributed by atoms with Crippen LogP contribution in [0.1, 0.15) is 20.8 Å². The highest BCUT2D eigenvalue weighted by Crippen LogP contribution is 2.02. The molecule has 16 heavy (non-hydrogen) atoms. The van der Waals surface area contributed by atoms with Crippen LogP contribution in [0.15, 0.2) is 0 Å². The van der Waals surface area contributed by atoms with E-state index in [1.807, 2.05) is 0 Å². The van der Waals surface area contributed by atoms with Gasteiger partial charge in [-0.15, -0.1) is 6.42 Å². The number of carboxylic acid groups (broad SMARTS) is 1. The highest BCUT2D eigenvalue weighted by atomic mass is 16.4. The van der Waals surface area contributed by atoms with E-state index in [0.717, 1.165) is 0 Å². The van der Waals surface area contributed by atoms with Crippen LogP contribution >= 0.6 is 0 Å². The lowest BCUT2D eigenvalue weighted by Crippen LogP contribution is -2.50. The predicted octanol–water partition coefficient (Wildman–Crippen LogP) is 0.760. The van der Waals surface area contributed by atoms with Gasteiger partial charge in [0, 0.05) is 6.54 Å². The van der Waals surface area contributed by atoms with Crippen LogP contribution in [0.25, 0.3) is 0 Å². The molecule has 0 fully saturated rings. The number of rotatable bonds is 5. The number of carboxylic acids is 1. The van der Waals surface area contributed by atoms with Crippen molar-refractivity contribution >= 4 is 12.0 Å². The first-order valence-corrected chi connectivity index (χ1v) is 5.15. The van der Waals surface area contributed by atoms with Gasteiger partial charge in [0.1, 0.15) is 6.04 Å². The molecule has 0 aliphatic carbocycles. The SMILES string of the molecule is C#CCN(CC)C(=O)N[C@H](C(=O)O)C(C)C. The lowest BCUT2D eigenvalue weighted by molar-refractivity contribution is -0.140. The largest absolute Gasteiger partial charge is 0.480 e. The molecule has 0 radical (unpaired) electrons. The second-order valence-corrected chi connectivity index (χ2v) is 3.73. The molecule has 0 aromatic rings. The fraction of sp³-hybridized carbons (Fsp3) is 0.636. The Labute approximate surface area is 95.8 Å². The summed E-state index contributed by atoms with van der Waals surface area (Å²) in [4.78, 5) is 23.9. The van der Waals surface area contributed by atoms with Crippen LogP contribution in [-0.2, 0) is 4.79 Å². The quantitative estimate of drug-likeness (QED) is 0.680. The zero-order valence-corrected chi connectivity index (χ0v) is 9.86. The number of carbonyl (C=O) groups excluding carboxylic acids is 1. The molecule has 0 unspecified atom stereocenters. The van der Waals surface area contributed by atoms with Crippen LogP contribution in [-0.4, -0.2) is 41.1 Å². The minimum Gasteiger partial charge on any atom is -0.480 e. The molecule has 0 aliphatic heterocycles. The molecule has 2 N–H and O–H groups in total. The minimum atomic E-state index is -1.04. The van der Waals surface area contributed by atoms with Crippen LogP contribution in [0.5, 0.6) is 0 Å². The molecule has 0 aromatic heterocycles. The van der Waals surface area contributed by atoms with Gasteiger partial charge < -0.3 is 15.3 Å². The van der Waals surface area contributed by atoms with Crippen molar-refractivity contribution in [3.05, 3.63) is 0 Å². The predicted molar refractivity (Wildman–Crippen MR) is 60.9 cm³/mol. The fourth-order valence-electron chi connectivity index (χ4n) is 1.18. The standard InChI is InChI=1S/C11H18N2O3/c1-5-7-13(6-2)11(16)12-9(8(3)4)10(14)15/h1,8-9H,6-7H2,2-4H3,(H,12,16)(H,14,15)/t9-/m0/s1. The van der Waals surface area contributed by atoms with Crippen molar-refractivity contribution in [1.82, 2.24) is 10.2 Å². The minimum absolute atomic E-state index is 0.173. The molecule has 0 spiro atoms. The van der Waals surface area contributed by atoms with E-state index in [1.54, 1.807) is 20.8 Å². The molecule has 90 valence electrons. The monoisotopic (exact) mass is 226 g/mol. The summed E-state index contributed by atoms with van der Waals surface area (Å²) in [5.74, 6) is 1.13. The van der Waals surface area contributed by atoms with E-state index in [9.17, 15) is 9.59 Å². The number of nitrogens with zero attached hydrogens (tertiary/aromatic N) is 1. The average molecular weight is 226 g/mol. The highest BCUT2D eigenvalue weighted by molar-refractivity contribution is 5.82. The van der Waals surface area contributed by atoms with Gasteiger partial charge in [-0.05, 0) is 12.8 Å². The summed E-state index contributed by atoms with van der Waals surface area (Å²) in [5, 5.41) is 11.3. The summed E-state index contributed by atoms with van der Waals surface area (Å²) in [6, 6.07) is -1.33. The van der Waals surface area contributed by atoms with Crippen molar-refractivity contribution in [2.75, 3.05) is 13.1 Å². The van der Waals surface area contributed by atoms with Crippen LogP contribution in [0.2, 0.25) is 0 Å². The van der Waals surface area contributed by atoms with E-state index >= 15 is 0 Å². The highest BCUT2D eigenvalue weighted by Gasteiger charge is 2.25. The molecule has 0 saturated heterocycles. The van der Waals surface area contributed by atoms with Gasteiger partial charge in [0.15, 0.2) is 0 Å². The van der Waals surface area contributed by atoms with Crippen molar-refractivity contribution in [3.8, 4) is 12.3 Å². The second-order valence-electron chi connectivity index (χ2n) is 3.73. The summed E-state index contributed by atoms with van der Waals surface area (Å²) in [7, 11) is 0. The average Bonchev–Trinajstić information content (AvgIpc) is 2.21. The van der Waals surface area contributed by atoms with Gasteiger partial charge in [0.2, 0.25) is 0 Å². The number of aliphatic carboxylic acids is 1. The number of terminal acetylenes is 1. The Morgan fingerprint density at radius 3 is 2.38 bits per heavy atom. The van der Waals surface area contributed by atoms with E-state index < -0.39 is 18.0 Å². The number of carbonyl (C=O) groups is 2. The Morgan fingerprint density at radius 1 is 1.50 bits per heavy atom. The van der Waals surface area contributed by atoms with Gasteiger partial charge in [-0.2, -0.15) is 0 Å². The Morgan fingerprint density at radius 2 is 2.06 bits per heavy atom. The topological polar surface area (TPSA) is 69.6 Å². The van der Waals surface area contributed by atoms with Crippen LogP contribution in [0.4, 0.5) is 4.79 Å². The van der Waals surface area contributed by atoms with E-state index in [0.29, 0.717) is 6.54 Å². The molecule has 0 aromatic carbocycles. The normalized spacial score (nSPS) is 11.7.